The second-order valence-electron chi connectivity index (χ2n) is 10.7. The molecule has 0 saturated carbocycles. The number of aryl methyl sites for hydroxylation is 2. The maximum Gasteiger partial charge on any atom is 0.272 e. The highest BCUT2D eigenvalue weighted by atomic mass is 16.6. The standard InChI is InChI=1S/C28H38N7O6/c1-20-17-23(5-8-26(20)32(36)37)29-11-14-35(4,15-12-30-24-6-9-27(33(38)39)21(2)18-24)16-13-31-25-7-10-28(34(40)41)22(3)19-25/h5-10,17-18,25,29-31H,11-16,19H2,1-4H3/q+1. The molecule has 1 unspecified atom stereocenters. The van der Waals surface area contributed by atoms with Crippen molar-refractivity contribution >= 4 is 22.7 Å². The molecule has 1 aliphatic carbocycles. The van der Waals surface area contributed by atoms with Crippen LogP contribution in [0.25, 0.3) is 0 Å². The van der Waals surface area contributed by atoms with E-state index in [9.17, 15) is 30.3 Å². The predicted molar refractivity (Wildman–Crippen MR) is 159 cm³/mol. The van der Waals surface area contributed by atoms with Gasteiger partial charge in [-0.15, -0.1) is 0 Å². The third-order valence-electron chi connectivity index (χ3n) is 7.45. The van der Waals surface area contributed by atoms with Gasteiger partial charge in [0.1, 0.15) is 0 Å². The van der Waals surface area contributed by atoms with Gasteiger partial charge in [0.05, 0.1) is 54.5 Å². The Labute approximate surface area is 239 Å². The molecule has 0 amide bonds. The Bertz CT molecular complexity index is 1290. The van der Waals surface area contributed by atoms with Crippen molar-refractivity contribution in [1.82, 2.24) is 5.32 Å². The smallest absolute Gasteiger partial charge is 0.272 e. The Morgan fingerprint density at radius 2 is 1.27 bits per heavy atom. The number of rotatable bonds is 15. The lowest BCUT2D eigenvalue weighted by atomic mass is 9.99. The van der Waals surface area contributed by atoms with E-state index in [1.807, 2.05) is 6.08 Å². The second kappa shape index (κ2) is 13.8. The van der Waals surface area contributed by atoms with Crippen LogP contribution in [0.15, 0.2) is 59.8 Å². The van der Waals surface area contributed by atoms with Crippen LogP contribution >= 0.6 is 0 Å². The van der Waals surface area contributed by atoms with Crippen LogP contribution in [0.5, 0.6) is 0 Å². The summed E-state index contributed by atoms with van der Waals surface area (Å²) >= 11 is 0. The van der Waals surface area contributed by atoms with Crippen molar-refractivity contribution < 1.29 is 19.3 Å². The van der Waals surface area contributed by atoms with Crippen LogP contribution in [0, 0.1) is 44.2 Å². The van der Waals surface area contributed by atoms with Gasteiger partial charge in [-0.05, 0) is 51.5 Å². The van der Waals surface area contributed by atoms with Crippen molar-refractivity contribution in [1.29, 1.82) is 0 Å². The zero-order valence-corrected chi connectivity index (χ0v) is 23.9. The molecule has 3 N–H and O–H groups in total. The number of nitro groups is 3. The van der Waals surface area contributed by atoms with Gasteiger partial charge in [-0.2, -0.15) is 0 Å². The summed E-state index contributed by atoms with van der Waals surface area (Å²) in [5, 5.41) is 43.7. The molecule has 0 spiro atoms. The van der Waals surface area contributed by atoms with Crippen LogP contribution in [-0.2, 0) is 0 Å². The lowest BCUT2D eigenvalue weighted by Gasteiger charge is -2.35. The summed E-state index contributed by atoms with van der Waals surface area (Å²) in [6.45, 7) is 9.51. The molecule has 2 aromatic carbocycles. The van der Waals surface area contributed by atoms with Gasteiger partial charge in [-0.1, -0.05) is 6.08 Å². The SMILES string of the molecule is CC1=C([N+](=O)[O-])C=CC(NCC[N+](C)(CCNc2ccc([N+](=O)[O-])c(C)c2)CCNc2ccc([N+](=O)[O-])c(C)c2)C1. The second-order valence-corrected chi connectivity index (χ2v) is 10.7. The minimum atomic E-state index is -0.392. The molecule has 0 aromatic heterocycles. The number of anilines is 2. The number of benzene rings is 2. The predicted octanol–water partition coefficient (Wildman–Crippen LogP) is 4.56. The van der Waals surface area contributed by atoms with Crippen LogP contribution in [0.4, 0.5) is 22.7 Å². The molecule has 0 radical (unpaired) electrons. The molecule has 0 saturated heterocycles. The zero-order chi connectivity index (χ0) is 30.2. The van der Waals surface area contributed by atoms with E-state index in [0.717, 1.165) is 36.6 Å². The van der Waals surface area contributed by atoms with Crippen molar-refractivity contribution in [3.05, 3.63) is 101 Å². The van der Waals surface area contributed by atoms with Gasteiger partial charge < -0.3 is 20.4 Å². The first kappa shape index (κ1) is 31.2. The molecule has 220 valence electrons. The van der Waals surface area contributed by atoms with Crippen molar-refractivity contribution in [3.8, 4) is 0 Å². The largest absolute Gasteiger partial charge is 0.379 e. The fourth-order valence-corrected chi connectivity index (χ4v) is 4.95. The molecule has 3 rings (SSSR count). The van der Waals surface area contributed by atoms with Gasteiger partial charge in [-0.3, -0.25) is 30.3 Å². The summed E-state index contributed by atoms with van der Waals surface area (Å²) in [5.74, 6) is 0. The fraction of sp³-hybridized carbons (Fsp3) is 0.429. The van der Waals surface area contributed by atoms with Crippen molar-refractivity contribution in [2.75, 3.05) is 56.9 Å². The number of hydrogen-bond donors (Lipinski definition) is 3. The minimum absolute atomic E-state index is 0.0227. The average molecular weight is 569 g/mol. The fourth-order valence-electron chi connectivity index (χ4n) is 4.95. The number of nitrogens with zero attached hydrogens (tertiary/aromatic N) is 4. The van der Waals surface area contributed by atoms with Crippen LogP contribution < -0.4 is 16.0 Å². The van der Waals surface area contributed by atoms with Crippen LogP contribution in [-0.4, -0.2) is 71.6 Å². The summed E-state index contributed by atoms with van der Waals surface area (Å²) < 4.78 is 0.691. The first-order valence-corrected chi connectivity index (χ1v) is 13.5. The Balaban J connectivity index is 1.61. The van der Waals surface area contributed by atoms with Gasteiger partial charge in [0.15, 0.2) is 0 Å². The monoisotopic (exact) mass is 568 g/mol. The maximum atomic E-state index is 11.2. The molecule has 2 aromatic rings. The Hall–Kier alpha value is -4.36. The van der Waals surface area contributed by atoms with E-state index in [0.29, 0.717) is 41.7 Å². The summed E-state index contributed by atoms with van der Waals surface area (Å²) in [7, 11) is 2.15. The normalized spacial score (nSPS) is 15.1. The third kappa shape index (κ3) is 8.82. The van der Waals surface area contributed by atoms with Crippen LogP contribution in [0.3, 0.4) is 0 Å². The first-order valence-electron chi connectivity index (χ1n) is 13.5. The van der Waals surface area contributed by atoms with E-state index in [-0.39, 0.29) is 28.0 Å². The van der Waals surface area contributed by atoms with Gasteiger partial charge in [0, 0.05) is 58.9 Å². The van der Waals surface area contributed by atoms with E-state index in [1.165, 1.54) is 12.1 Å². The summed E-state index contributed by atoms with van der Waals surface area (Å²) in [6.07, 6.45) is 3.99. The highest BCUT2D eigenvalue weighted by Crippen LogP contribution is 2.23. The highest BCUT2D eigenvalue weighted by Gasteiger charge is 2.24. The maximum absolute atomic E-state index is 11.2. The van der Waals surface area contributed by atoms with E-state index >= 15 is 0 Å². The molecular weight excluding hydrogens is 530 g/mol. The summed E-state index contributed by atoms with van der Waals surface area (Å²) in [4.78, 5) is 32.3. The van der Waals surface area contributed by atoms with Gasteiger partial charge in [0.25, 0.3) is 17.1 Å². The summed E-state index contributed by atoms with van der Waals surface area (Å²) in [6, 6.07) is 9.99. The molecule has 0 fully saturated rings. The molecule has 1 atom stereocenters. The topological polar surface area (TPSA) is 166 Å². The van der Waals surface area contributed by atoms with E-state index in [1.54, 1.807) is 51.1 Å². The molecule has 13 nitrogen and oxygen atoms in total. The molecule has 0 bridgehead atoms. The van der Waals surface area contributed by atoms with Crippen molar-refractivity contribution in [2.24, 2.45) is 0 Å². The molecular formula is C28H38N7O6+. The first-order chi connectivity index (χ1) is 19.4. The average Bonchev–Trinajstić information content (AvgIpc) is 2.88. The lowest BCUT2D eigenvalue weighted by molar-refractivity contribution is -0.905. The Morgan fingerprint density at radius 1 is 0.780 bits per heavy atom. The van der Waals surface area contributed by atoms with Gasteiger partial charge in [-0.25, -0.2) is 0 Å². The van der Waals surface area contributed by atoms with Gasteiger partial charge >= 0.3 is 0 Å². The number of nitro benzene ring substituents is 2. The molecule has 41 heavy (non-hydrogen) atoms. The number of hydrogen-bond acceptors (Lipinski definition) is 9. The third-order valence-corrected chi connectivity index (χ3v) is 7.45. The highest BCUT2D eigenvalue weighted by molar-refractivity contribution is 5.54. The minimum Gasteiger partial charge on any atom is -0.379 e. The number of nitrogens with one attached hydrogen (secondary N) is 3. The molecule has 0 aliphatic heterocycles. The van der Waals surface area contributed by atoms with Crippen LogP contribution in [0.2, 0.25) is 0 Å². The Morgan fingerprint density at radius 3 is 1.68 bits per heavy atom. The number of quaternary nitrogens is 1. The number of allylic oxidation sites excluding steroid dienone is 1. The van der Waals surface area contributed by atoms with Crippen molar-refractivity contribution in [3.63, 3.8) is 0 Å². The van der Waals surface area contributed by atoms with E-state index < -0.39 is 9.85 Å². The van der Waals surface area contributed by atoms with E-state index in [4.69, 9.17) is 0 Å². The molecule has 1 aliphatic rings. The number of likely N-dealkylation sites (N-methyl/N-ethyl adjacent to an activating group) is 1. The quantitative estimate of drug-likeness (QED) is 0.159. The lowest BCUT2D eigenvalue weighted by Crippen LogP contribution is -2.53. The van der Waals surface area contributed by atoms with Gasteiger partial charge in [0.2, 0.25) is 0 Å². The van der Waals surface area contributed by atoms with Crippen molar-refractivity contribution in [2.45, 2.75) is 33.2 Å². The Kier molecular flexibility index (Phi) is 10.5. The van der Waals surface area contributed by atoms with Crippen LogP contribution in [0.1, 0.15) is 24.5 Å². The van der Waals surface area contributed by atoms with E-state index in [2.05, 4.69) is 23.0 Å². The molecule has 13 heteroatoms. The zero-order valence-electron chi connectivity index (χ0n) is 23.9. The molecule has 0 heterocycles. The summed E-state index contributed by atoms with van der Waals surface area (Å²) in [5.41, 5.74) is 3.88.